The number of ketones is 1. The van der Waals surface area contributed by atoms with Gasteiger partial charge in [0.15, 0.2) is 0 Å². The zero-order valence-corrected chi connectivity index (χ0v) is 16.1. The Hall–Kier alpha value is -1.88. The lowest BCUT2D eigenvalue weighted by molar-refractivity contribution is -0.123. The van der Waals surface area contributed by atoms with Gasteiger partial charge in [0.2, 0.25) is 0 Å². The number of benzene rings is 1. The molecule has 1 aromatic carbocycles. The number of nitrogens with zero attached hydrogens (tertiary/aromatic N) is 1. The number of rotatable bonds is 9. The highest BCUT2D eigenvalue weighted by molar-refractivity contribution is 5.81. The fourth-order valence-corrected chi connectivity index (χ4v) is 2.29. The molecular weight excluding hydrogens is 318 g/mol. The second-order valence-corrected chi connectivity index (χ2v) is 7.37. The molecule has 0 aliphatic carbocycles. The molecule has 0 fully saturated rings. The third-order valence-corrected chi connectivity index (χ3v) is 3.63. The molecular formula is C20H31NO4. The van der Waals surface area contributed by atoms with Crippen LogP contribution in [0.1, 0.15) is 46.1 Å². The Bertz CT molecular complexity index is 536. The summed E-state index contributed by atoms with van der Waals surface area (Å²) in [6, 6.07) is 9.95. The van der Waals surface area contributed by atoms with Crippen molar-refractivity contribution in [1.29, 1.82) is 0 Å². The zero-order chi connectivity index (χ0) is 18.9. The van der Waals surface area contributed by atoms with Gasteiger partial charge in [0.05, 0.1) is 6.61 Å². The van der Waals surface area contributed by atoms with Gasteiger partial charge in [0.1, 0.15) is 11.4 Å². The molecule has 0 bridgehead atoms. The van der Waals surface area contributed by atoms with Crippen LogP contribution in [0.15, 0.2) is 30.3 Å². The van der Waals surface area contributed by atoms with Crippen LogP contribution in [0.5, 0.6) is 0 Å². The molecule has 5 nitrogen and oxygen atoms in total. The van der Waals surface area contributed by atoms with Crippen LogP contribution in [0.3, 0.4) is 0 Å². The molecule has 0 spiro atoms. The Morgan fingerprint density at radius 1 is 1.16 bits per heavy atom. The zero-order valence-electron chi connectivity index (χ0n) is 16.1. The van der Waals surface area contributed by atoms with Gasteiger partial charge in [-0.1, -0.05) is 37.3 Å². The van der Waals surface area contributed by atoms with E-state index in [1.54, 1.807) is 7.05 Å². The first-order valence-electron chi connectivity index (χ1n) is 8.77. The average molecular weight is 349 g/mol. The van der Waals surface area contributed by atoms with Gasteiger partial charge in [-0.05, 0) is 32.8 Å². The Labute approximate surface area is 151 Å². The number of ether oxygens (including phenoxy) is 2. The van der Waals surface area contributed by atoms with Gasteiger partial charge < -0.3 is 14.4 Å². The van der Waals surface area contributed by atoms with Crippen LogP contribution in [-0.2, 0) is 20.9 Å². The van der Waals surface area contributed by atoms with Crippen LogP contribution in [0, 0.1) is 5.92 Å². The van der Waals surface area contributed by atoms with Gasteiger partial charge in [-0.25, -0.2) is 4.79 Å². The minimum absolute atomic E-state index is 0.138. The molecule has 0 aliphatic rings. The smallest absolute Gasteiger partial charge is 0.410 e. The van der Waals surface area contributed by atoms with E-state index in [0.717, 1.165) is 5.56 Å². The molecule has 25 heavy (non-hydrogen) atoms. The molecule has 0 N–H and O–H groups in total. The molecule has 1 unspecified atom stereocenters. The van der Waals surface area contributed by atoms with Gasteiger partial charge >= 0.3 is 6.09 Å². The maximum Gasteiger partial charge on any atom is 0.410 e. The number of hydrogen-bond donors (Lipinski definition) is 0. The fourth-order valence-electron chi connectivity index (χ4n) is 2.29. The molecule has 1 amide bonds. The van der Waals surface area contributed by atoms with E-state index in [9.17, 15) is 9.59 Å². The van der Waals surface area contributed by atoms with E-state index in [-0.39, 0.29) is 11.7 Å². The lowest BCUT2D eigenvalue weighted by Gasteiger charge is -2.26. The summed E-state index contributed by atoms with van der Waals surface area (Å²) >= 11 is 0. The third kappa shape index (κ3) is 9.25. The second-order valence-electron chi connectivity index (χ2n) is 7.37. The molecule has 0 aromatic heterocycles. The van der Waals surface area contributed by atoms with Gasteiger partial charge in [-0.15, -0.1) is 0 Å². The normalized spacial score (nSPS) is 12.5. The van der Waals surface area contributed by atoms with Crippen molar-refractivity contribution < 1.29 is 19.1 Å². The maximum atomic E-state index is 12.2. The summed E-state index contributed by atoms with van der Waals surface area (Å²) in [5.41, 5.74) is 0.593. The Morgan fingerprint density at radius 2 is 1.80 bits per heavy atom. The first-order valence-corrected chi connectivity index (χ1v) is 8.77. The van der Waals surface area contributed by atoms with Crippen molar-refractivity contribution in [2.24, 2.45) is 5.92 Å². The highest BCUT2D eigenvalue weighted by atomic mass is 16.6. The highest BCUT2D eigenvalue weighted by Gasteiger charge is 2.22. The SMILES string of the molecule is CC(CN(C)C(=O)OC(C)(C)C)C(=O)CCCOCc1ccccc1. The van der Waals surface area contributed by atoms with Crippen molar-refractivity contribution in [3.8, 4) is 0 Å². The van der Waals surface area contributed by atoms with E-state index < -0.39 is 11.7 Å². The quantitative estimate of drug-likeness (QED) is 0.631. The number of carbonyl (C=O) groups excluding carboxylic acids is 2. The van der Waals surface area contributed by atoms with Crippen molar-refractivity contribution >= 4 is 11.9 Å². The summed E-state index contributed by atoms with van der Waals surface area (Å²) in [6.45, 7) is 8.78. The minimum atomic E-state index is -0.533. The van der Waals surface area contributed by atoms with E-state index in [0.29, 0.717) is 32.6 Å². The molecule has 5 heteroatoms. The lowest BCUT2D eigenvalue weighted by atomic mass is 10.0. The molecule has 0 heterocycles. The van der Waals surface area contributed by atoms with E-state index in [4.69, 9.17) is 9.47 Å². The summed E-state index contributed by atoms with van der Waals surface area (Å²) in [6.07, 6.45) is 0.739. The van der Waals surface area contributed by atoms with Crippen molar-refractivity contribution in [1.82, 2.24) is 4.90 Å². The summed E-state index contributed by atoms with van der Waals surface area (Å²) in [4.78, 5) is 25.6. The molecule has 1 atom stereocenters. The molecule has 0 saturated carbocycles. The largest absolute Gasteiger partial charge is 0.444 e. The monoisotopic (exact) mass is 349 g/mol. The fraction of sp³-hybridized carbons (Fsp3) is 0.600. The van der Waals surface area contributed by atoms with Gasteiger partial charge in [-0.3, -0.25) is 4.79 Å². The molecule has 140 valence electrons. The molecule has 0 aliphatic heterocycles. The van der Waals surface area contributed by atoms with Crippen molar-refractivity contribution in [2.75, 3.05) is 20.2 Å². The van der Waals surface area contributed by atoms with Crippen LogP contribution in [0.25, 0.3) is 0 Å². The molecule has 1 aromatic rings. The number of amides is 1. The van der Waals surface area contributed by atoms with Crippen LogP contribution >= 0.6 is 0 Å². The van der Waals surface area contributed by atoms with Crippen molar-refractivity contribution in [3.05, 3.63) is 35.9 Å². The second kappa shape index (κ2) is 10.2. The van der Waals surface area contributed by atoms with Crippen LogP contribution in [-0.4, -0.2) is 42.6 Å². The predicted octanol–water partition coefficient (Wildman–Crippen LogP) is 4.06. The molecule has 0 saturated heterocycles. The van der Waals surface area contributed by atoms with Crippen LogP contribution in [0.2, 0.25) is 0 Å². The number of carbonyl (C=O) groups is 2. The predicted molar refractivity (Wildman–Crippen MR) is 98.4 cm³/mol. The van der Waals surface area contributed by atoms with Gasteiger partial charge in [-0.2, -0.15) is 0 Å². The summed E-state index contributed by atoms with van der Waals surface area (Å²) in [7, 11) is 1.65. The first kappa shape index (κ1) is 21.2. The van der Waals surface area contributed by atoms with E-state index in [2.05, 4.69) is 0 Å². The van der Waals surface area contributed by atoms with E-state index >= 15 is 0 Å². The third-order valence-electron chi connectivity index (χ3n) is 3.63. The summed E-state index contributed by atoms with van der Waals surface area (Å²) < 4.78 is 10.9. The highest BCUT2D eigenvalue weighted by Crippen LogP contribution is 2.12. The van der Waals surface area contributed by atoms with E-state index in [1.807, 2.05) is 58.0 Å². The van der Waals surface area contributed by atoms with E-state index in [1.165, 1.54) is 4.90 Å². The maximum absolute atomic E-state index is 12.2. The standard InChI is InChI=1S/C20H31NO4/c1-16(14-21(5)19(23)25-20(2,3)4)18(22)12-9-13-24-15-17-10-7-6-8-11-17/h6-8,10-11,16H,9,12-15H2,1-5H3. The Morgan fingerprint density at radius 3 is 2.40 bits per heavy atom. The summed E-state index contributed by atoms with van der Waals surface area (Å²) in [5.74, 6) is -0.0784. The molecule has 1 rings (SSSR count). The number of hydrogen-bond acceptors (Lipinski definition) is 4. The Balaban J connectivity index is 2.22. The lowest BCUT2D eigenvalue weighted by Crippen LogP contribution is -2.38. The first-order chi connectivity index (χ1) is 11.7. The van der Waals surface area contributed by atoms with Crippen molar-refractivity contribution in [2.45, 2.75) is 52.7 Å². The van der Waals surface area contributed by atoms with Gasteiger partial charge in [0.25, 0.3) is 0 Å². The van der Waals surface area contributed by atoms with Crippen molar-refractivity contribution in [3.63, 3.8) is 0 Å². The van der Waals surface area contributed by atoms with Crippen LogP contribution in [0.4, 0.5) is 4.79 Å². The topological polar surface area (TPSA) is 55.8 Å². The van der Waals surface area contributed by atoms with Crippen LogP contribution < -0.4 is 0 Å². The van der Waals surface area contributed by atoms with Gasteiger partial charge in [0, 0.05) is 32.5 Å². The minimum Gasteiger partial charge on any atom is -0.444 e. The average Bonchev–Trinajstić information content (AvgIpc) is 2.53. The number of Topliss-reactive ketones (excluding diaryl/α,β-unsaturated/α-hetero) is 1. The molecule has 0 radical (unpaired) electrons. The summed E-state index contributed by atoms with van der Waals surface area (Å²) in [5, 5.41) is 0. The Kier molecular flexibility index (Phi) is 8.62.